The molecule has 2 aliphatic heterocycles. The number of carbonyl (C=O) groups is 4. The molecule has 2 aliphatic rings. The zero-order chi connectivity index (χ0) is 57.1. The second-order valence-corrected chi connectivity index (χ2v) is 22.1. The molecule has 416 valence electrons. The van der Waals surface area contributed by atoms with Crippen LogP contribution in [0.5, 0.6) is 0 Å². The Morgan fingerprint density at radius 2 is 1.37 bits per heavy atom. The average molecular weight is 1150 g/mol. The summed E-state index contributed by atoms with van der Waals surface area (Å²) in [7, 11) is 2.78. The van der Waals surface area contributed by atoms with Crippen molar-refractivity contribution in [3.8, 4) is 0 Å². The molecule has 0 aliphatic carbocycles. The number of methoxy groups -OCH3 is 2. The summed E-state index contributed by atoms with van der Waals surface area (Å²) in [6.45, 7) is 4.31. The van der Waals surface area contributed by atoms with E-state index in [2.05, 4.69) is 26.0 Å². The molecule has 4 heterocycles. The number of thiazole rings is 1. The van der Waals surface area contributed by atoms with Gasteiger partial charge in [-0.1, -0.05) is 169 Å². The molecule has 2 atom stereocenters. The largest absolute Gasteiger partial charge is 0.457 e. The standard InChI is InChI=1S/C59H56N8O11S3/c1-58(2,3)78-44(68)34-76-65-46(43-36-81-56(60-43)62-59(40-25-15-8-16-26-40,41-27-17-9-18-28-41)42-29-19-10-20-30-42)50(69)61-47-52(71)67-48(55(73)77-49(37-21-11-6-12-22-37)38-23-13-7-14-24-38)39(35-80-54(47)67)31-32-79-57-64-63-51(70)53(72)66(57)33-45(74-4)75-5/h6-32,36,45,47,49,54H,33-35H2,1-5H3,(H,60,62)(H,61,69)(H,63,70)/b32-31+,65-46-. The summed E-state index contributed by atoms with van der Waals surface area (Å²) >= 11 is 3.44. The number of esters is 2. The number of carbonyl (C=O) groups excluding carboxylic acids is 4. The van der Waals surface area contributed by atoms with E-state index < -0.39 is 76.4 Å². The number of hydrogen-bond acceptors (Lipinski definition) is 18. The number of nitrogens with one attached hydrogen (secondary N) is 3. The van der Waals surface area contributed by atoms with E-state index in [0.717, 1.165) is 33.0 Å². The van der Waals surface area contributed by atoms with Crippen molar-refractivity contribution in [1.29, 1.82) is 0 Å². The molecule has 3 N–H and O–H groups in total. The van der Waals surface area contributed by atoms with Crippen LogP contribution in [-0.4, -0.2) is 104 Å². The lowest BCUT2D eigenvalue weighted by atomic mass is 9.77. The summed E-state index contributed by atoms with van der Waals surface area (Å²) in [5, 5.41) is 19.8. The van der Waals surface area contributed by atoms with Crippen LogP contribution in [0.3, 0.4) is 0 Å². The van der Waals surface area contributed by atoms with E-state index in [1.807, 2.05) is 152 Å². The van der Waals surface area contributed by atoms with Crippen molar-refractivity contribution < 1.29 is 43.0 Å². The first-order chi connectivity index (χ1) is 39.2. The maximum atomic E-state index is 14.9. The number of amides is 2. The molecule has 2 amide bonds. The molecule has 7 aromatic rings. The Hall–Kier alpha value is -8.41. The summed E-state index contributed by atoms with van der Waals surface area (Å²) in [6.07, 6.45) is -0.180. The monoisotopic (exact) mass is 1150 g/mol. The molecule has 1 fully saturated rings. The highest BCUT2D eigenvalue weighted by molar-refractivity contribution is 8.02. The van der Waals surface area contributed by atoms with Gasteiger partial charge in [0.15, 0.2) is 28.4 Å². The maximum Gasteiger partial charge on any atom is 0.356 e. The van der Waals surface area contributed by atoms with E-state index in [0.29, 0.717) is 21.8 Å². The SMILES string of the molecule is COC(Cn1c(S/C=C/C2=C(C(=O)OC(c3ccccc3)c3ccccc3)N3C(=O)C(NC(=O)/C(=N\OCC(=O)OC(C)(C)C)c4csc(NC(c5ccccc5)(c5ccccc5)c5ccccc5)n4)C3SC2)n[nH]c(=O)c1=O)OC. The molecular formula is C59H56N8O11S3. The highest BCUT2D eigenvalue weighted by atomic mass is 32.2. The van der Waals surface area contributed by atoms with Gasteiger partial charge >= 0.3 is 23.1 Å². The second kappa shape index (κ2) is 25.8. The van der Waals surface area contributed by atoms with Gasteiger partial charge in [0.1, 0.15) is 33.9 Å². The van der Waals surface area contributed by atoms with Crippen LogP contribution >= 0.6 is 34.9 Å². The first kappa shape index (κ1) is 57.3. The van der Waals surface area contributed by atoms with E-state index in [1.165, 1.54) is 42.2 Å². The predicted molar refractivity (Wildman–Crippen MR) is 308 cm³/mol. The first-order valence-corrected chi connectivity index (χ1v) is 28.2. The van der Waals surface area contributed by atoms with E-state index in [-0.39, 0.29) is 34.6 Å². The Morgan fingerprint density at radius 1 is 0.815 bits per heavy atom. The van der Waals surface area contributed by atoms with Crippen molar-refractivity contribution in [3.05, 3.63) is 234 Å². The number of aromatic amines is 1. The minimum Gasteiger partial charge on any atom is -0.457 e. The van der Waals surface area contributed by atoms with Crippen LogP contribution < -0.4 is 21.8 Å². The summed E-state index contributed by atoms with van der Waals surface area (Å²) in [4.78, 5) is 94.3. The number of oxime groups is 1. The number of fused-ring (bicyclic) bond motifs is 1. The number of hydrogen-bond donors (Lipinski definition) is 3. The molecule has 1 saturated heterocycles. The van der Waals surface area contributed by atoms with Gasteiger partial charge in [-0.05, 0) is 65.6 Å². The number of ether oxygens (including phenoxy) is 4. The van der Waals surface area contributed by atoms with Gasteiger partial charge in [0.25, 0.3) is 11.8 Å². The summed E-state index contributed by atoms with van der Waals surface area (Å²) in [6, 6.07) is 46.8. The minimum absolute atomic E-state index is 0.0662. The topological polar surface area (TPSA) is 235 Å². The molecule has 81 heavy (non-hydrogen) atoms. The fourth-order valence-corrected chi connectivity index (χ4v) is 11.9. The van der Waals surface area contributed by atoms with E-state index in [9.17, 15) is 28.8 Å². The molecular weight excluding hydrogens is 1090 g/mol. The van der Waals surface area contributed by atoms with Crippen LogP contribution in [0, 0.1) is 0 Å². The van der Waals surface area contributed by atoms with E-state index >= 15 is 0 Å². The molecule has 2 unspecified atom stereocenters. The highest BCUT2D eigenvalue weighted by Crippen LogP contribution is 2.43. The zero-order valence-corrected chi connectivity index (χ0v) is 47.0. The van der Waals surface area contributed by atoms with Crippen molar-refractivity contribution in [2.24, 2.45) is 5.16 Å². The molecule has 22 heteroatoms. The molecule has 19 nitrogen and oxygen atoms in total. The van der Waals surface area contributed by atoms with Crippen LogP contribution in [0.15, 0.2) is 200 Å². The highest BCUT2D eigenvalue weighted by Gasteiger charge is 2.55. The minimum atomic E-state index is -1.20. The van der Waals surface area contributed by atoms with Crippen molar-refractivity contribution in [3.63, 3.8) is 0 Å². The number of H-pyrrole nitrogens is 1. The Bertz CT molecular complexity index is 3440. The quantitative estimate of drug-likeness (QED) is 0.00859. The number of nitrogens with zero attached hydrogens (tertiary/aromatic N) is 5. The second-order valence-electron chi connectivity index (χ2n) is 19.2. The van der Waals surface area contributed by atoms with Gasteiger partial charge in [0.05, 0.1) is 6.54 Å². The number of thioether (sulfide) groups is 2. The lowest BCUT2D eigenvalue weighted by Crippen LogP contribution is -2.71. The fourth-order valence-electron chi connectivity index (χ4n) is 9.06. The van der Waals surface area contributed by atoms with Crippen molar-refractivity contribution in [2.45, 2.75) is 67.4 Å². The number of β-lactam (4-membered cyclic amide) rings is 1. The maximum absolute atomic E-state index is 14.9. The van der Waals surface area contributed by atoms with Crippen LogP contribution in [0.2, 0.25) is 0 Å². The smallest absolute Gasteiger partial charge is 0.356 e. The van der Waals surface area contributed by atoms with Gasteiger partial charge in [0.2, 0.25) is 6.61 Å². The summed E-state index contributed by atoms with van der Waals surface area (Å²) < 4.78 is 23.5. The van der Waals surface area contributed by atoms with Crippen LogP contribution in [0.1, 0.15) is 60.4 Å². The number of rotatable bonds is 22. The Balaban J connectivity index is 1.04. The lowest BCUT2D eigenvalue weighted by molar-refractivity contribution is -0.160. The molecule has 5 aromatic carbocycles. The first-order valence-electron chi connectivity index (χ1n) is 25.4. The number of allylic oxidation sites excluding steroid dienone is 1. The molecule has 0 saturated carbocycles. The van der Waals surface area contributed by atoms with E-state index in [4.69, 9.17) is 28.8 Å². The van der Waals surface area contributed by atoms with E-state index in [1.54, 1.807) is 37.6 Å². The number of aromatic nitrogens is 4. The number of benzene rings is 5. The van der Waals surface area contributed by atoms with Crippen LogP contribution in [0.4, 0.5) is 5.13 Å². The third-order valence-corrected chi connectivity index (χ3v) is 15.6. The Kier molecular flexibility index (Phi) is 18.2. The molecule has 0 bridgehead atoms. The predicted octanol–water partition coefficient (Wildman–Crippen LogP) is 7.77. The lowest BCUT2D eigenvalue weighted by Gasteiger charge is -2.49. The third kappa shape index (κ3) is 13.1. The van der Waals surface area contributed by atoms with Crippen LogP contribution in [-0.2, 0) is 55.0 Å². The van der Waals surface area contributed by atoms with Gasteiger partial charge in [-0.25, -0.2) is 19.7 Å². The summed E-state index contributed by atoms with van der Waals surface area (Å²) in [5.74, 6) is -2.93. The summed E-state index contributed by atoms with van der Waals surface area (Å²) in [5.41, 5.74) is 0.415. The van der Waals surface area contributed by atoms with Crippen molar-refractivity contribution in [1.82, 2.24) is 30.0 Å². The van der Waals surface area contributed by atoms with Crippen LogP contribution in [0.25, 0.3) is 0 Å². The Morgan fingerprint density at radius 3 is 1.91 bits per heavy atom. The fraction of sp³-hybridized carbons (Fsp3) is 0.237. The molecule has 0 spiro atoms. The molecule has 2 aromatic heterocycles. The van der Waals surface area contributed by atoms with Gasteiger partial charge < -0.3 is 34.4 Å². The van der Waals surface area contributed by atoms with Gasteiger partial charge in [0, 0.05) is 25.4 Å². The molecule has 0 radical (unpaired) electrons. The average Bonchev–Trinajstić information content (AvgIpc) is 4.10. The Labute approximate surface area is 478 Å². The normalized spacial score (nSPS) is 15.6. The van der Waals surface area contributed by atoms with Crippen molar-refractivity contribution in [2.75, 3.05) is 31.9 Å². The zero-order valence-electron chi connectivity index (χ0n) is 44.5. The third-order valence-electron chi connectivity index (χ3n) is 12.8. The van der Waals surface area contributed by atoms with Crippen molar-refractivity contribution >= 4 is 69.5 Å². The van der Waals surface area contributed by atoms with Gasteiger partial charge in [-0.3, -0.25) is 28.6 Å². The van der Waals surface area contributed by atoms with Gasteiger partial charge in [-0.2, -0.15) is 0 Å². The molecule has 9 rings (SSSR count). The number of anilines is 1. The van der Waals surface area contributed by atoms with Gasteiger partial charge in [-0.15, -0.1) is 28.2 Å².